The predicted octanol–water partition coefficient (Wildman–Crippen LogP) is 2.46. The quantitative estimate of drug-likeness (QED) is 0.522. The molecule has 0 aromatic heterocycles. The number of morpholine rings is 1. The summed E-state index contributed by atoms with van der Waals surface area (Å²) in [6.07, 6.45) is 8.98. The molecule has 1 rings (SSSR count). The maximum absolute atomic E-state index is 5.29. The first-order chi connectivity index (χ1) is 7.93. The number of allylic oxidation sites excluding steroid dienone is 1. The Balaban J connectivity index is 2.02. The van der Waals surface area contributed by atoms with Crippen LogP contribution < -0.4 is 0 Å². The lowest BCUT2D eigenvalue weighted by molar-refractivity contribution is 0.0434. The van der Waals surface area contributed by atoms with Gasteiger partial charge in [-0.1, -0.05) is 37.7 Å². The minimum atomic E-state index is 0.872. The highest BCUT2D eigenvalue weighted by Gasteiger charge is 2.06. The fourth-order valence-corrected chi connectivity index (χ4v) is 1.64. The molecule has 0 bridgehead atoms. The van der Waals surface area contributed by atoms with Crippen molar-refractivity contribution >= 4 is 0 Å². The lowest BCUT2D eigenvalue weighted by atomic mass is 10.2. The van der Waals surface area contributed by atoms with Crippen LogP contribution in [0.4, 0.5) is 0 Å². The number of nitrogens with zero attached hydrogens (tertiary/aromatic N) is 1. The molecule has 0 unspecified atom stereocenters. The van der Waals surface area contributed by atoms with E-state index in [1.807, 2.05) is 6.08 Å². The molecule has 0 saturated carbocycles. The molecule has 1 saturated heterocycles. The van der Waals surface area contributed by atoms with Gasteiger partial charge in [0.1, 0.15) is 0 Å². The van der Waals surface area contributed by atoms with E-state index in [0.717, 1.165) is 39.3 Å². The molecule has 0 atom stereocenters. The minimum Gasteiger partial charge on any atom is -0.379 e. The molecule has 0 spiro atoms. The maximum Gasteiger partial charge on any atom is 0.0594 e. The lowest BCUT2D eigenvalue weighted by Gasteiger charge is -2.24. The Labute approximate surface area is 99.7 Å². The predicted molar refractivity (Wildman–Crippen MR) is 68.3 cm³/mol. The van der Waals surface area contributed by atoms with Crippen LogP contribution in [0.5, 0.6) is 0 Å². The number of ether oxygens (including phenoxy) is 1. The number of rotatable bonds is 5. The van der Waals surface area contributed by atoms with Crippen LogP contribution >= 0.6 is 0 Å². The fraction of sp³-hybridized carbons (Fsp3) is 0.714. The van der Waals surface area contributed by atoms with Gasteiger partial charge in [0, 0.05) is 26.1 Å². The second kappa shape index (κ2) is 9.45. The molecule has 16 heavy (non-hydrogen) atoms. The summed E-state index contributed by atoms with van der Waals surface area (Å²) >= 11 is 0. The molecule has 1 fully saturated rings. The average molecular weight is 221 g/mol. The van der Waals surface area contributed by atoms with Gasteiger partial charge in [-0.15, -0.1) is 0 Å². The standard InChI is InChI=1S/C14H23NO/c1-2-3-4-5-6-7-8-9-10-15-11-13-16-14-12-15/h8-9H,2-5,10-14H2,1H3/b9-8-. The minimum absolute atomic E-state index is 0.872. The van der Waals surface area contributed by atoms with Crippen LogP contribution in [0.25, 0.3) is 0 Å². The third-order valence-corrected chi connectivity index (χ3v) is 2.68. The van der Waals surface area contributed by atoms with E-state index in [9.17, 15) is 0 Å². The summed E-state index contributed by atoms with van der Waals surface area (Å²) in [6, 6.07) is 0. The molecule has 0 aliphatic carbocycles. The molecular formula is C14H23NO. The topological polar surface area (TPSA) is 12.5 Å². The van der Waals surface area contributed by atoms with E-state index in [0.29, 0.717) is 0 Å². The Bertz CT molecular complexity index is 243. The Kier molecular flexibility index (Phi) is 7.84. The second-order valence-electron chi connectivity index (χ2n) is 4.09. The van der Waals surface area contributed by atoms with Crippen molar-refractivity contribution in [1.29, 1.82) is 0 Å². The van der Waals surface area contributed by atoms with Crippen molar-refractivity contribution in [1.82, 2.24) is 4.90 Å². The van der Waals surface area contributed by atoms with E-state index >= 15 is 0 Å². The van der Waals surface area contributed by atoms with Crippen LogP contribution in [0, 0.1) is 11.8 Å². The SMILES string of the molecule is CCCCCC#C/C=C\CN1CCOCC1. The monoisotopic (exact) mass is 221 g/mol. The van der Waals surface area contributed by atoms with Gasteiger partial charge in [-0.3, -0.25) is 4.90 Å². The molecular weight excluding hydrogens is 198 g/mol. The summed E-state index contributed by atoms with van der Waals surface area (Å²) in [5.74, 6) is 6.27. The highest BCUT2D eigenvalue weighted by Crippen LogP contribution is 1.97. The Hall–Kier alpha value is -0.780. The molecule has 2 nitrogen and oxygen atoms in total. The maximum atomic E-state index is 5.29. The Morgan fingerprint density at radius 1 is 1.25 bits per heavy atom. The smallest absolute Gasteiger partial charge is 0.0594 e. The Morgan fingerprint density at radius 2 is 2.06 bits per heavy atom. The average Bonchev–Trinajstić information content (AvgIpc) is 2.34. The molecule has 0 radical (unpaired) electrons. The summed E-state index contributed by atoms with van der Waals surface area (Å²) in [7, 11) is 0. The molecule has 0 aromatic carbocycles. The number of hydrogen-bond acceptors (Lipinski definition) is 2. The van der Waals surface area contributed by atoms with Gasteiger partial charge < -0.3 is 4.74 Å². The highest BCUT2D eigenvalue weighted by molar-refractivity contribution is 5.15. The molecule has 0 aromatic rings. The molecule has 1 heterocycles. The molecule has 1 aliphatic heterocycles. The van der Waals surface area contributed by atoms with Crippen molar-refractivity contribution in [3.05, 3.63) is 12.2 Å². The van der Waals surface area contributed by atoms with Gasteiger partial charge in [0.05, 0.1) is 13.2 Å². The van der Waals surface area contributed by atoms with Crippen LogP contribution in [0.1, 0.15) is 32.6 Å². The van der Waals surface area contributed by atoms with E-state index in [1.54, 1.807) is 0 Å². The van der Waals surface area contributed by atoms with Crippen LogP contribution in [0.15, 0.2) is 12.2 Å². The van der Waals surface area contributed by atoms with Gasteiger partial charge >= 0.3 is 0 Å². The van der Waals surface area contributed by atoms with E-state index in [-0.39, 0.29) is 0 Å². The zero-order valence-electron chi connectivity index (χ0n) is 10.4. The number of hydrogen-bond donors (Lipinski definition) is 0. The van der Waals surface area contributed by atoms with E-state index in [1.165, 1.54) is 19.3 Å². The van der Waals surface area contributed by atoms with Gasteiger partial charge in [0.15, 0.2) is 0 Å². The first-order valence-corrected chi connectivity index (χ1v) is 6.37. The first-order valence-electron chi connectivity index (χ1n) is 6.37. The fourth-order valence-electron chi connectivity index (χ4n) is 1.64. The lowest BCUT2D eigenvalue weighted by Crippen LogP contribution is -2.36. The van der Waals surface area contributed by atoms with Gasteiger partial charge in [0.2, 0.25) is 0 Å². The highest BCUT2D eigenvalue weighted by atomic mass is 16.5. The van der Waals surface area contributed by atoms with Crippen molar-refractivity contribution in [2.45, 2.75) is 32.6 Å². The van der Waals surface area contributed by atoms with Gasteiger partial charge in [-0.2, -0.15) is 0 Å². The third kappa shape index (κ3) is 6.66. The first kappa shape index (κ1) is 13.3. The third-order valence-electron chi connectivity index (χ3n) is 2.68. The second-order valence-corrected chi connectivity index (χ2v) is 4.09. The van der Waals surface area contributed by atoms with Crippen LogP contribution in [-0.2, 0) is 4.74 Å². The zero-order valence-corrected chi connectivity index (χ0v) is 10.4. The normalized spacial score (nSPS) is 17.3. The van der Waals surface area contributed by atoms with Crippen molar-refractivity contribution < 1.29 is 4.74 Å². The van der Waals surface area contributed by atoms with E-state index in [2.05, 4.69) is 29.7 Å². The van der Waals surface area contributed by atoms with E-state index < -0.39 is 0 Å². The van der Waals surface area contributed by atoms with Crippen LogP contribution in [0.3, 0.4) is 0 Å². The summed E-state index contributed by atoms with van der Waals surface area (Å²) in [5, 5.41) is 0. The van der Waals surface area contributed by atoms with Crippen molar-refractivity contribution in [2.24, 2.45) is 0 Å². The summed E-state index contributed by atoms with van der Waals surface area (Å²) in [4.78, 5) is 2.39. The van der Waals surface area contributed by atoms with Crippen molar-refractivity contribution in [3.8, 4) is 11.8 Å². The number of unbranched alkanes of at least 4 members (excludes halogenated alkanes) is 3. The van der Waals surface area contributed by atoms with Gasteiger partial charge in [-0.05, 0) is 12.5 Å². The largest absolute Gasteiger partial charge is 0.379 e. The summed E-state index contributed by atoms with van der Waals surface area (Å²) < 4.78 is 5.29. The molecule has 90 valence electrons. The molecule has 2 heteroatoms. The zero-order chi connectivity index (χ0) is 11.5. The molecule has 1 aliphatic rings. The van der Waals surface area contributed by atoms with Crippen molar-refractivity contribution in [2.75, 3.05) is 32.8 Å². The van der Waals surface area contributed by atoms with Gasteiger partial charge in [0.25, 0.3) is 0 Å². The summed E-state index contributed by atoms with van der Waals surface area (Å²) in [6.45, 7) is 7.07. The molecule has 0 amide bonds. The van der Waals surface area contributed by atoms with Crippen molar-refractivity contribution in [3.63, 3.8) is 0 Å². The molecule has 0 N–H and O–H groups in total. The van der Waals surface area contributed by atoms with Crippen LogP contribution in [-0.4, -0.2) is 37.7 Å². The van der Waals surface area contributed by atoms with E-state index in [4.69, 9.17) is 4.74 Å². The van der Waals surface area contributed by atoms with Gasteiger partial charge in [-0.25, -0.2) is 0 Å². The Morgan fingerprint density at radius 3 is 2.81 bits per heavy atom. The van der Waals surface area contributed by atoms with Crippen LogP contribution in [0.2, 0.25) is 0 Å². The summed E-state index contributed by atoms with van der Waals surface area (Å²) in [5.41, 5.74) is 0.